The van der Waals surface area contributed by atoms with Gasteiger partial charge in [0.05, 0.1) is 12.8 Å². The zero-order valence-electron chi connectivity index (χ0n) is 15.9. The second-order valence-electron chi connectivity index (χ2n) is 6.48. The van der Waals surface area contributed by atoms with Crippen molar-refractivity contribution in [1.82, 2.24) is 9.55 Å². The summed E-state index contributed by atoms with van der Waals surface area (Å²) in [5.41, 5.74) is 5.00. The third-order valence-corrected chi connectivity index (χ3v) is 4.67. The van der Waals surface area contributed by atoms with Crippen LogP contribution < -0.4 is 21.9 Å². The van der Waals surface area contributed by atoms with E-state index in [1.165, 1.54) is 21.8 Å². The Labute approximate surface area is 171 Å². The summed E-state index contributed by atoms with van der Waals surface area (Å²) < 4.78 is 6.62. The zero-order valence-corrected chi connectivity index (χ0v) is 16.6. The molecule has 0 saturated heterocycles. The van der Waals surface area contributed by atoms with Crippen molar-refractivity contribution in [2.24, 2.45) is 0 Å². The Balaban J connectivity index is 2.15. The molecule has 0 spiro atoms. The van der Waals surface area contributed by atoms with Crippen molar-refractivity contribution in [3.8, 4) is 0 Å². The lowest BCUT2D eigenvalue weighted by molar-refractivity contribution is 0.0983. The first-order chi connectivity index (χ1) is 13.9. The minimum Gasteiger partial charge on any atom is -0.467 e. The summed E-state index contributed by atoms with van der Waals surface area (Å²) in [6.07, 6.45) is 2.99. The van der Waals surface area contributed by atoms with E-state index in [1.54, 1.807) is 30.3 Å². The van der Waals surface area contributed by atoms with Crippen LogP contribution in [0.2, 0.25) is 5.02 Å². The number of carbonyl (C=O) groups is 1. The van der Waals surface area contributed by atoms with Gasteiger partial charge in [0.25, 0.3) is 11.5 Å². The fraction of sp³-hybridized carbons (Fsp3) is 0.250. The van der Waals surface area contributed by atoms with E-state index in [1.807, 2.05) is 6.92 Å². The summed E-state index contributed by atoms with van der Waals surface area (Å²) in [5.74, 6) is -0.124. The van der Waals surface area contributed by atoms with E-state index in [0.29, 0.717) is 23.7 Å². The minimum absolute atomic E-state index is 0.0440. The van der Waals surface area contributed by atoms with Gasteiger partial charge in [0.2, 0.25) is 0 Å². The number of benzene rings is 1. The maximum Gasteiger partial charge on any atom is 0.330 e. The molecular weight excluding hydrogens is 396 g/mol. The number of nitrogens with one attached hydrogen (secondary N) is 1. The van der Waals surface area contributed by atoms with Crippen LogP contribution in [0.25, 0.3) is 0 Å². The van der Waals surface area contributed by atoms with E-state index in [9.17, 15) is 14.4 Å². The predicted molar refractivity (Wildman–Crippen MR) is 111 cm³/mol. The molecule has 3 N–H and O–H groups in total. The van der Waals surface area contributed by atoms with E-state index in [2.05, 4.69) is 4.98 Å². The van der Waals surface area contributed by atoms with Gasteiger partial charge in [-0.25, -0.2) is 4.79 Å². The number of aromatic amines is 1. The molecule has 0 aliphatic carbocycles. The predicted octanol–water partition coefficient (Wildman–Crippen LogP) is 3.01. The van der Waals surface area contributed by atoms with Gasteiger partial charge in [-0.15, -0.1) is 0 Å². The van der Waals surface area contributed by atoms with E-state index >= 15 is 0 Å². The molecule has 0 saturated carbocycles. The molecule has 0 fully saturated rings. The number of anilines is 2. The number of rotatable bonds is 7. The standard InChI is InChI=1S/C20H21ClN4O4/c1-2-3-9-24-17(22)16(18(26)23-20(24)28)25(12-15-8-5-10-29-15)19(27)13-6-4-7-14(21)11-13/h4-8,10-11H,2-3,9,12,22H2,1H3,(H,23,26,28). The first kappa shape index (κ1) is 20.5. The normalized spacial score (nSPS) is 10.8. The lowest BCUT2D eigenvalue weighted by atomic mass is 10.2. The zero-order chi connectivity index (χ0) is 21.0. The number of carbonyl (C=O) groups excluding carboxylic acids is 1. The number of nitrogens with two attached hydrogens (primary N) is 1. The Bertz CT molecular complexity index is 1120. The van der Waals surface area contributed by atoms with E-state index in [0.717, 1.165) is 6.42 Å². The van der Waals surface area contributed by atoms with Gasteiger partial charge in [-0.2, -0.15) is 0 Å². The fourth-order valence-electron chi connectivity index (χ4n) is 2.96. The van der Waals surface area contributed by atoms with Crippen molar-refractivity contribution in [3.05, 3.63) is 79.8 Å². The first-order valence-corrected chi connectivity index (χ1v) is 9.52. The Morgan fingerprint density at radius 1 is 1.28 bits per heavy atom. The van der Waals surface area contributed by atoms with Crippen molar-refractivity contribution in [2.45, 2.75) is 32.9 Å². The van der Waals surface area contributed by atoms with Crippen LogP contribution in [0.1, 0.15) is 35.9 Å². The molecule has 152 valence electrons. The number of hydrogen-bond acceptors (Lipinski definition) is 5. The van der Waals surface area contributed by atoms with E-state index in [4.69, 9.17) is 21.8 Å². The highest BCUT2D eigenvalue weighted by molar-refractivity contribution is 6.31. The van der Waals surface area contributed by atoms with Gasteiger partial charge in [-0.3, -0.25) is 24.0 Å². The lowest BCUT2D eigenvalue weighted by Crippen LogP contribution is -2.41. The molecule has 0 aliphatic rings. The van der Waals surface area contributed by atoms with Crippen LogP contribution in [0, 0.1) is 0 Å². The third-order valence-electron chi connectivity index (χ3n) is 4.43. The molecule has 29 heavy (non-hydrogen) atoms. The monoisotopic (exact) mass is 416 g/mol. The van der Waals surface area contributed by atoms with Crippen LogP contribution in [0.3, 0.4) is 0 Å². The number of nitrogen functional groups attached to an aromatic ring is 1. The van der Waals surface area contributed by atoms with Crippen molar-refractivity contribution in [1.29, 1.82) is 0 Å². The summed E-state index contributed by atoms with van der Waals surface area (Å²) in [7, 11) is 0. The van der Waals surface area contributed by atoms with Crippen LogP contribution in [0.15, 0.2) is 56.7 Å². The smallest absolute Gasteiger partial charge is 0.330 e. The van der Waals surface area contributed by atoms with Gasteiger partial charge in [-0.05, 0) is 36.8 Å². The van der Waals surface area contributed by atoms with Crippen molar-refractivity contribution < 1.29 is 9.21 Å². The molecule has 3 aromatic rings. The molecule has 3 rings (SSSR count). The highest BCUT2D eigenvalue weighted by atomic mass is 35.5. The molecular formula is C20H21ClN4O4. The van der Waals surface area contributed by atoms with Crippen LogP contribution >= 0.6 is 11.6 Å². The Hall–Kier alpha value is -3.26. The highest BCUT2D eigenvalue weighted by Gasteiger charge is 2.26. The SMILES string of the molecule is CCCCn1c(N)c(N(Cc2ccco2)C(=O)c2cccc(Cl)c2)c(=O)[nH]c1=O. The van der Waals surface area contributed by atoms with E-state index < -0.39 is 17.2 Å². The molecule has 9 heteroatoms. The Kier molecular flexibility index (Phi) is 6.23. The summed E-state index contributed by atoms with van der Waals surface area (Å²) in [4.78, 5) is 41.6. The highest BCUT2D eigenvalue weighted by Crippen LogP contribution is 2.23. The quantitative estimate of drug-likeness (QED) is 0.614. The van der Waals surface area contributed by atoms with Crippen molar-refractivity contribution in [2.75, 3.05) is 10.6 Å². The molecule has 0 aliphatic heterocycles. The lowest BCUT2D eigenvalue weighted by Gasteiger charge is -2.24. The first-order valence-electron chi connectivity index (χ1n) is 9.14. The summed E-state index contributed by atoms with van der Waals surface area (Å²) in [6, 6.07) is 9.71. The Morgan fingerprint density at radius 2 is 2.07 bits per heavy atom. The van der Waals surface area contributed by atoms with Crippen LogP contribution in [0.4, 0.5) is 11.5 Å². The number of amides is 1. The minimum atomic E-state index is -0.748. The molecule has 0 atom stereocenters. The Morgan fingerprint density at radius 3 is 2.72 bits per heavy atom. The average Bonchev–Trinajstić information content (AvgIpc) is 3.19. The fourth-order valence-corrected chi connectivity index (χ4v) is 3.15. The summed E-state index contributed by atoms with van der Waals surface area (Å²) in [6.45, 7) is 2.25. The maximum atomic E-state index is 13.3. The van der Waals surface area contributed by atoms with Gasteiger partial charge < -0.3 is 10.2 Å². The number of aromatic nitrogens is 2. The van der Waals surface area contributed by atoms with Gasteiger partial charge >= 0.3 is 5.69 Å². The van der Waals surface area contributed by atoms with Gasteiger partial charge in [0.1, 0.15) is 11.6 Å². The summed E-state index contributed by atoms with van der Waals surface area (Å²) in [5, 5.41) is 0.378. The molecule has 1 aromatic carbocycles. The largest absolute Gasteiger partial charge is 0.467 e. The van der Waals surface area contributed by atoms with Gasteiger partial charge in [0.15, 0.2) is 5.69 Å². The number of halogens is 1. The average molecular weight is 417 g/mol. The van der Waals surface area contributed by atoms with Crippen molar-refractivity contribution in [3.63, 3.8) is 0 Å². The summed E-state index contributed by atoms with van der Waals surface area (Å²) >= 11 is 6.02. The van der Waals surface area contributed by atoms with Gasteiger partial charge in [-0.1, -0.05) is 31.0 Å². The van der Waals surface area contributed by atoms with Crippen LogP contribution in [-0.2, 0) is 13.1 Å². The molecule has 8 nitrogen and oxygen atoms in total. The second kappa shape index (κ2) is 8.83. The topological polar surface area (TPSA) is 114 Å². The van der Waals surface area contributed by atoms with Crippen molar-refractivity contribution >= 4 is 29.0 Å². The second-order valence-corrected chi connectivity index (χ2v) is 6.92. The molecule has 2 heterocycles. The molecule has 2 aromatic heterocycles. The van der Waals surface area contributed by atoms with Crippen LogP contribution in [0.5, 0.6) is 0 Å². The number of nitrogens with zero attached hydrogens (tertiary/aromatic N) is 2. The number of H-pyrrole nitrogens is 1. The number of hydrogen-bond donors (Lipinski definition) is 2. The van der Waals surface area contributed by atoms with Crippen LogP contribution in [-0.4, -0.2) is 15.5 Å². The van der Waals surface area contributed by atoms with Gasteiger partial charge in [0, 0.05) is 17.1 Å². The molecule has 0 bridgehead atoms. The molecule has 0 unspecified atom stereocenters. The third kappa shape index (κ3) is 4.43. The number of unbranched alkanes of at least 4 members (excludes halogenated alkanes) is 1. The molecule has 1 amide bonds. The maximum absolute atomic E-state index is 13.3. The number of furan rings is 1. The molecule has 0 radical (unpaired) electrons. The van der Waals surface area contributed by atoms with E-state index in [-0.39, 0.29) is 23.6 Å².